The number of rotatable bonds is 5. The van der Waals surface area contributed by atoms with Gasteiger partial charge in [-0.25, -0.2) is 9.97 Å². The third kappa shape index (κ3) is 3.73. The van der Waals surface area contributed by atoms with Gasteiger partial charge in [0.2, 0.25) is 0 Å². The monoisotopic (exact) mass is 351 g/mol. The molecule has 0 amide bonds. The van der Waals surface area contributed by atoms with Gasteiger partial charge in [0.1, 0.15) is 11.6 Å². The minimum absolute atomic E-state index is 0.766. The van der Waals surface area contributed by atoms with E-state index in [2.05, 4.69) is 51.1 Å². The molecule has 3 nitrogen and oxygen atoms in total. The fourth-order valence-electron chi connectivity index (χ4n) is 1.79. The maximum atomic E-state index is 4.61. The van der Waals surface area contributed by atoms with Crippen LogP contribution in [0.4, 0.5) is 5.82 Å². The van der Waals surface area contributed by atoms with Crippen LogP contribution in [-0.2, 0) is 5.75 Å². The molecule has 0 aliphatic rings. The van der Waals surface area contributed by atoms with Crippen LogP contribution in [-0.4, -0.2) is 16.5 Å². The average Bonchev–Trinajstić information content (AvgIpc) is 2.43. The zero-order valence-corrected chi connectivity index (χ0v) is 14.3. The lowest BCUT2D eigenvalue weighted by molar-refractivity contribution is 0.964. The molecule has 20 heavy (non-hydrogen) atoms. The quantitative estimate of drug-likeness (QED) is 0.800. The van der Waals surface area contributed by atoms with Crippen molar-refractivity contribution < 1.29 is 0 Å². The lowest BCUT2D eigenvalue weighted by atomic mass is 10.2. The Kier molecular flexibility index (Phi) is 5.43. The van der Waals surface area contributed by atoms with Crippen molar-refractivity contribution in [1.82, 2.24) is 9.97 Å². The van der Waals surface area contributed by atoms with E-state index in [1.807, 2.05) is 25.1 Å². The summed E-state index contributed by atoms with van der Waals surface area (Å²) in [5.74, 6) is 2.58. The molecule has 0 radical (unpaired) electrons. The minimum atomic E-state index is 0.766. The Hall–Kier alpha value is -1.07. The molecule has 2 rings (SSSR count). The van der Waals surface area contributed by atoms with Gasteiger partial charge in [-0.05, 0) is 48.8 Å². The van der Waals surface area contributed by atoms with Crippen LogP contribution in [0.3, 0.4) is 0 Å². The molecular formula is C15H18BrN3S. The van der Waals surface area contributed by atoms with Gasteiger partial charge >= 0.3 is 0 Å². The van der Waals surface area contributed by atoms with E-state index in [0.717, 1.165) is 39.7 Å². The van der Waals surface area contributed by atoms with Crippen molar-refractivity contribution in [2.24, 2.45) is 0 Å². The Morgan fingerprint density at radius 1 is 1.20 bits per heavy atom. The van der Waals surface area contributed by atoms with Crippen molar-refractivity contribution >= 4 is 33.5 Å². The van der Waals surface area contributed by atoms with E-state index in [-0.39, 0.29) is 0 Å². The van der Waals surface area contributed by atoms with Crippen LogP contribution in [0.25, 0.3) is 0 Å². The predicted octanol–water partition coefficient (Wildman–Crippen LogP) is 4.58. The molecule has 1 heterocycles. The molecule has 0 saturated heterocycles. The first-order chi connectivity index (χ1) is 9.61. The molecular weight excluding hydrogens is 334 g/mol. The predicted molar refractivity (Wildman–Crippen MR) is 89.4 cm³/mol. The van der Waals surface area contributed by atoms with Crippen LogP contribution in [0, 0.1) is 13.8 Å². The second-order valence-corrected chi connectivity index (χ2v) is 6.32. The Balaban J connectivity index is 2.16. The number of aryl methyl sites for hydroxylation is 1. The first-order valence-electron chi connectivity index (χ1n) is 6.57. The van der Waals surface area contributed by atoms with Crippen molar-refractivity contribution in [1.29, 1.82) is 0 Å². The molecule has 2 aromatic rings. The lowest BCUT2D eigenvalue weighted by Gasteiger charge is -2.11. The van der Waals surface area contributed by atoms with Crippen LogP contribution in [0.1, 0.15) is 24.0 Å². The second kappa shape index (κ2) is 7.09. The molecule has 1 aromatic heterocycles. The number of thioether (sulfide) groups is 1. The summed E-state index contributed by atoms with van der Waals surface area (Å²) in [6.07, 6.45) is 0. The second-order valence-electron chi connectivity index (χ2n) is 4.45. The molecule has 106 valence electrons. The number of nitrogens with one attached hydrogen (secondary N) is 1. The third-order valence-electron chi connectivity index (χ3n) is 2.97. The molecule has 1 N–H and O–H groups in total. The molecule has 0 saturated carbocycles. The van der Waals surface area contributed by atoms with Crippen molar-refractivity contribution in [2.45, 2.75) is 31.4 Å². The number of aromatic nitrogens is 2. The highest BCUT2D eigenvalue weighted by molar-refractivity contribution is 9.10. The standard InChI is InChI=1S/C15H18BrN3S/c1-4-17-15-10(2)11(3)18-14(19-15)9-20-13-8-6-5-7-12(13)16/h5-8H,4,9H2,1-3H3,(H,17,18,19). The summed E-state index contributed by atoms with van der Waals surface area (Å²) in [6, 6.07) is 8.21. The van der Waals surface area contributed by atoms with Crippen molar-refractivity contribution in [3.05, 3.63) is 45.8 Å². The number of anilines is 1. The van der Waals surface area contributed by atoms with Crippen molar-refractivity contribution in [2.75, 3.05) is 11.9 Å². The third-order valence-corrected chi connectivity index (χ3v) is 5.00. The van der Waals surface area contributed by atoms with E-state index in [1.165, 1.54) is 4.90 Å². The summed E-state index contributed by atoms with van der Waals surface area (Å²) in [4.78, 5) is 10.4. The topological polar surface area (TPSA) is 37.8 Å². The summed E-state index contributed by atoms with van der Waals surface area (Å²) < 4.78 is 1.11. The highest BCUT2D eigenvalue weighted by atomic mass is 79.9. The average molecular weight is 352 g/mol. The maximum Gasteiger partial charge on any atom is 0.141 e. The van der Waals surface area contributed by atoms with Gasteiger partial charge in [-0.3, -0.25) is 0 Å². The number of nitrogens with zero attached hydrogens (tertiary/aromatic N) is 2. The largest absolute Gasteiger partial charge is 0.370 e. The van der Waals surface area contributed by atoms with E-state index in [1.54, 1.807) is 11.8 Å². The molecule has 0 aliphatic carbocycles. The number of benzene rings is 1. The molecule has 0 spiro atoms. The molecule has 0 atom stereocenters. The van der Waals surface area contributed by atoms with Crippen LogP contribution in [0.5, 0.6) is 0 Å². The fourth-order valence-corrected chi connectivity index (χ4v) is 3.22. The summed E-state index contributed by atoms with van der Waals surface area (Å²) in [5, 5.41) is 3.30. The number of halogens is 1. The highest BCUT2D eigenvalue weighted by Gasteiger charge is 2.08. The number of hydrogen-bond acceptors (Lipinski definition) is 4. The molecule has 0 bridgehead atoms. The van der Waals surface area contributed by atoms with Gasteiger partial charge in [0.15, 0.2) is 0 Å². The summed E-state index contributed by atoms with van der Waals surface area (Å²) >= 11 is 5.30. The molecule has 1 aromatic carbocycles. The Morgan fingerprint density at radius 2 is 1.95 bits per heavy atom. The van der Waals surface area contributed by atoms with Crippen molar-refractivity contribution in [3.8, 4) is 0 Å². The van der Waals surface area contributed by atoms with Crippen LogP contribution in [0.15, 0.2) is 33.6 Å². The number of hydrogen-bond donors (Lipinski definition) is 1. The Bertz CT molecular complexity index is 602. The van der Waals surface area contributed by atoms with Gasteiger partial charge < -0.3 is 5.32 Å². The van der Waals surface area contributed by atoms with Crippen LogP contribution < -0.4 is 5.32 Å². The van der Waals surface area contributed by atoms with Gasteiger partial charge in [0.25, 0.3) is 0 Å². The summed E-state index contributed by atoms with van der Waals surface area (Å²) in [7, 11) is 0. The maximum absolute atomic E-state index is 4.61. The minimum Gasteiger partial charge on any atom is -0.370 e. The van der Waals surface area contributed by atoms with Gasteiger partial charge in [-0.15, -0.1) is 11.8 Å². The van der Waals surface area contributed by atoms with Crippen LogP contribution in [0.2, 0.25) is 0 Å². The van der Waals surface area contributed by atoms with Crippen LogP contribution >= 0.6 is 27.7 Å². The molecule has 0 aliphatic heterocycles. The van der Waals surface area contributed by atoms with E-state index in [9.17, 15) is 0 Å². The van der Waals surface area contributed by atoms with Gasteiger partial charge in [-0.1, -0.05) is 12.1 Å². The highest BCUT2D eigenvalue weighted by Crippen LogP contribution is 2.29. The zero-order chi connectivity index (χ0) is 14.5. The fraction of sp³-hybridized carbons (Fsp3) is 0.333. The van der Waals surface area contributed by atoms with E-state index in [4.69, 9.17) is 0 Å². The van der Waals surface area contributed by atoms with E-state index < -0.39 is 0 Å². The normalized spacial score (nSPS) is 10.6. The Morgan fingerprint density at radius 3 is 2.65 bits per heavy atom. The Labute approximate surface area is 132 Å². The van der Waals surface area contributed by atoms with Gasteiger partial charge in [0, 0.05) is 27.2 Å². The summed E-state index contributed by atoms with van der Waals surface area (Å²) in [5.41, 5.74) is 2.17. The first kappa shape index (κ1) is 15.3. The smallest absolute Gasteiger partial charge is 0.141 e. The zero-order valence-electron chi connectivity index (χ0n) is 11.9. The van der Waals surface area contributed by atoms with Gasteiger partial charge in [0.05, 0.1) is 5.75 Å². The first-order valence-corrected chi connectivity index (χ1v) is 8.35. The molecule has 5 heteroatoms. The lowest BCUT2D eigenvalue weighted by Crippen LogP contribution is -2.07. The van der Waals surface area contributed by atoms with Gasteiger partial charge in [-0.2, -0.15) is 0 Å². The van der Waals surface area contributed by atoms with Crippen molar-refractivity contribution in [3.63, 3.8) is 0 Å². The molecule has 0 unspecified atom stereocenters. The van der Waals surface area contributed by atoms with E-state index in [0.29, 0.717) is 0 Å². The SMILES string of the molecule is CCNc1nc(CSc2ccccc2Br)nc(C)c1C. The molecule has 0 fully saturated rings. The summed E-state index contributed by atoms with van der Waals surface area (Å²) in [6.45, 7) is 7.03. The van der Waals surface area contributed by atoms with E-state index >= 15 is 0 Å².